The number of hydrogen-bond acceptors (Lipinski definition) is 10. The molecule has 1 heterocycles. The molecule has 0 aromatic carbocycles. The van der Waals surface area contributed by atoms with Gasteiger partial charge in [0.15, 0.2) is 6.10 Å². The minimum Gasteiger partial charge on any atom is -0.462 e. The third kappa shape index (κ3) is 10.7. The molecule has 1 fully saturated rings. The fourth-order valence-corrected chi connectivity index (χ4v) is 4.60. The molecule has 0 spiro atoms. The molecule has 0 aromatic rings. The van der Waals surface area contributed by atoms with Crippen LogP contribution in [0.5, 0.6) is 0 Å². The first kappa shape index (κ1) is 30.6. The maximum atomic E-state index is 12.4. The molecule has 2 atom stereocenters. The fourth-order valence-electron chi connectivity index (χ4n) is 3.84. The number of imide groups is 1. The molecular formula is C23H35N2O11P. The number of phosphoric acid groups is 1. The van der Waals surface area contributed by atoms with E-state index < -0.39 is 32.5 Å². The van der Waals surface area contributed by atoms with E-state index in [4.69, 9.17) is 18.5 Å². The summed E-state index contributed by atoms with van der Waals surface area (Å²) in [6.07, 6.45) is 4.19. The van der Waals surface area contributed by atoms with Gasteiger partial charge >= 0.3 is 19.8 Å². The van der Waals surface area contributed by atoms with Gasteiger partial charge in [0, 0.05) is 44.0 Å². The van der Waals surface area contributed by atoms with Crippen LogP contribution in [0.2, 0.25) is 0 Å². The van der Waals surface area contributed by atoms with E-state index in [-0.39, 0.29) is 62.2 Å². The number of esters is 2. The van der Waals surface area contributed by atoms with Crippen molar-refractivity contribution in [2.75, 3.05) is 32.9 Å². The van der Waals surface area contributed by atoms with Crippen LogP contribution in [-0.2, 0) is 47.1 Å². The Morgan fingerprint density at radius 3 is 2.24 bits per heavy atom. The summed E-state index contributed by atoms with van der Waals surface area (Å²) in [6, 6.07) is 0. The van der Waals surface area contributed by atoms with Gasteiger partial charge in [0.2, 0.25) is 5.91 Å². The van der Waals surface area contributed by atoms with Crippen LogP contribution >= 0.6 is 7.82 Å². The molecule has 3 amide bonds. The second-order valence-corrected chi connectivity index (χ2v) is 10.2. The second kappa shape index (κ2) is 15.0. The van der Waals surface area contributed by atoms with Crippen LogP contribution in [0.4, 0.5) is 0 Å². The van der Waals surface area contributed by atoms with Crippen molar-refractivity contribution >= 4 is 37.5 Å². The van der Waals surface area contributed by atoms with E-state index in [1.807, 2.05) is 0 Å². The number of ether oxygens (including phenoxy) is 2. The first-order valence-corrected chi connectivity index (χ1v) is 13.8. The van der Waals surface area contributed by atoms with Crippen LogP contribution in [0, 0.1) is 11.8 Å². The van der Waals surface area contributed by atoms with Crippen molar-refractivity contribution < 1.29 is 52.0 Å². The molecule has 13 nitrogen and oxygen atoms in total. The van der Waals surface area contributed by atoms with Crippen LogP contribution in [0.3, 0.4) is 0 Å². The summed E-state index contributed by atoms with van der Waals surface area (Å²) in [5, 5.41) is 2.66. The van der Waals surface area contributed by atoms with E-state index in [2.05, 4.69) is 5.32 Å². The molecule has 0 bridgehead atoms. The molecule has 1 aliphatic heterocycles. The molecule has 2 unspecified atom stereocenters. The number of carbonyl (C=O) groups excluding carboxylic acids is 5. The Morgan fingerprint density at radius 1 is 1.03 bits per heavy atom. The van der Waals surface area contributed by atoms with Crippen LogP contribution in [-0.4, -0.2) is 78.5 Å². The topological polar surface area (TPSA) is 175 Å². The van der Waals surface area contributed by atoms with E-state index in [1.54, 1.807) is 13.8 Å². The number of phosphoric ester groups is 1. The van der Waals surface area contributed by atoms with Crippen LogP contribution in [0.25, 0.3) is 0 Å². The van der Waals surface area contributed by atoms with Crippen molar-refractivity contribution in [3.05, 3.63) is 12.2 Å². The van der Waals surface area contributed by atoms with E-state index >= 15 is 0 Å². The smallest absolute Gasteiger partial charge is 0.462 e. The summed E-state index contributed by atoms with van der Waals surface area (Å²) in [5.41, 5.74) is 0. The van der Waals surface area contributed by atoms with Crippen LogP contribution < -0.4 is 5.32 Å². The SMILES string of the molecule is CCC(=O)OCC(COP(=O)(O)OCCNC(=O)C1CCC(CN2C(=O)C=CC2=O)CC1)OC(=O)CC. The third-order valence-corrected chi connectivity index (χ3v) is 6.93. The quantitative estimate of drug-likeness (QED) is 0.131. The lowest BCUT2D eigenvalue weighted by Gasteiger charge is -2.30. The Morgan fingerprint density at radius 2 is 1.65 bits per heavy atom. The summed E-state index contributed by atoms with van der Waals surface area (Å²) < 4.78 is 31.8. The predicted octanol–water partition coefficient (Wildman–Crippen LogP) is 1.24. The predicted molar refractivity (Wildman–Crippen MR) is 127 cm³/mol. The van der Waals surface area contributed by atoms with Gasteiger partial charge in [0.25, 0.3) is 11.8 Å². The van der Waals surface area contributed by atoms with Gasteiger partial charge in [-0.25, -0.2) is 4.57 Å². The highest BCUT2D eigenvalue weighted by Gasteiger charge is 2.31. The largest absolute Gasteiger partial charge is 0.472 e. The number of hydrogen-bond donors (Lipinski definition) is 2. The summed E-state index contributed by atoms with van der Waals surface area (Å²) in [7, 11) is -4.53. The molecule has 0 radical (unpaired) electrons. The second-order valence-electron chi connectivity index (χ2n) is 8.73. The van der Waals surface area contributed by atoms with E-state index in [1.165, 1.54) is 17.1 Å². The summed E-state index contributed by atoms with van der Waals surface area (Å²) in [4.78, 5) is 69.8. The van der Waals surface area contributed by atoms with E-state index in [0.717, 1.165) is 0 Å². The highest BCUT2D eigenvalue weighted by Crippen LogP contribution is 2.43. The first-order chi connectivity index (χ1) is 17.5. The Bertz CT molecular complexity index is 896. The van der Waals surface area contributed by atoms with E-state index in [9.17, 15) is 33.4 Å². The van der Waals surface area contributed by atoms with Gasteiger partial charge in [-0.2, -0.15) is 0 Å². The van der Waals surface area contributed by atoms with Crippen molar-refractivity contribution in [2.45, 2.75) is 58.5 Å². The molecule has 37 heavy (non-hydrogen) atoms. The first-order valence-electron chi connectivity index (χ1n) is 12.3. The zero-order valence-electron chi connectivity index (χ0n) is 21.1. The van der Waals surface area contributed by atoms with Crippen molar-refractivity contribution in [1.29, 1.82) is 0 Å². The van der Waals surface area contributed by atoms with E-state index in [0.29, 0.717) is 32.2 Å². The third-order valence-electron chi connectivity index (χ3n) is 5.94. The molecule has 0 aromatic heterocycles. The highest BCUT2D eigenvalue weighted by molar-refractivity contribution is 7.47. The van der Waals surface area contributed by atoms with Crippen LogP contribution in [0.1, 0.15) is 52.4 Å². The number of nitrogens with one attached hydrogen (secondary N) is 1. The number of carbonyl (C=O) groups is 5. The highest BCUT2D eigenvalue weighted by atomic mass is 31.2. The van der Waals surface area contributed by atoms with Gasteiger partial charge in [-0.3, -0.25) is 37.9 Å². The Hall–Kier alpha value is -2.60. The van der Waals surface area contributed by atoms with Crippen molar-refractivity contribution in [3.63, 3.8) is 0 Å². The Balaban J connectivity index is 1.66. The Labute approximate surface area is 215 Å². The maximum Gasteiger partial charge on any atom is 0.472 e. The normalized spacial score (nSPS) is 21.9. The molecule has 1 aliphatic carbocycles. The summed E-state index contributed by atoms with van der Waals surface area (Å²) in [6.45, 7) is 2.30. The molecule has 0 saturated heterocycles. The van der Waals surface area contributed by atoms with Crippen molar-refractivity contribution in [1.82, 2.24) is 10.2 Å². The molecule has 208 valence electrons. The standard InChI is InChI=1S/C23H35N2O11P/c1-3-21(28)33-14-18(36-22(29)4-2)15-35-37(31,32)34-12-11-24-23(30)17-7-5-16(6-8-17)13-25-19(26)9-10-20(25)27/h9-10,16-18H,3-8,11-15H2,1-2H3,(H,24,30)(H,31,32). The number of amides is 3. The molecule has 2 aliphatic rings. The average Bonchev–Trinajstić information content (AvgIpc) is 3.20. The lowest BCUT2D eigenvalue weighted by Crippen LogP contribution is -2.39. The molecule has 14 heteroatoms. The fraction of sp³-hybridized carbons (Fsp3) is 0.696. The minimum absolute atomic E-state index is 0.0303. The zero-order chi connectivity index (χ0) is 27.4. The monoisotopic (exact) mass is 546 g/mol. The maximum absolute atomic E-state index is 12.4. The van der Waals surface area contributed by atoms with Crippen molar-refractivity contribution in [2.24, 2.45) is 11.8 Å². The molecular weight excluding hydrogens is 511 g/mol. The van der Waals surface area contributed by atoms with Crippen molar-refractivity contribution in [3.8, 4) is 0 Å². The number of nitrogens with zero attached hydrogens (tertiary/aromatic N) is 1. The Kier molecular flexibility index (Phi) is 12.4. The zero-order valence-corrected chi connectivity index (χ0v) is 22.0. The average molecular weight is 547 g/mol. The van der Waals surface area contributed by atoms with Gasteiger partial charge in [0.05, 0.1) is 13.2 Å². The molecule has 2 rings (SSSR count). The van der Waals surface area contributed by atoms with Crippen LogP contribution in [0.15, 0.2) is 12.2 Å². The minimum atomic E-state index is -4.53. The summed E-state index contributed by atoms with van der Waals surface area (Å²) in [5.74, 6) is -2.06. The van der Waals surface area contributed by atoms with Gasteiger partial charge in [0.1, 0.15) is 6.61 Å². The van der Waals surface area contributed by atoms with Gasteiger partial charge in [-0.15, -0.1) is 0 Å². The lowest BCUT2D eigenvalue weighted by atomic mass is 9.81. The van der Waals surface area contributed by atoms with Gasteiger partial charge in [-0.05, 0) is 31.6 Å². The number of rotatable bonds is 15. The molecule has 2 N–H and O–H groups in total. The lowest BCUT2D eigenvalue weighted by molar-refractivity contribution is -0.160. The van der Waals surface area contributed by atoms with Gasteiger partial charge in [-0.1, -0.05) is 13.8 Å². The molecule has 1 saturated carbocycles. The summed E-state index contributed by atoms with van der Waals surface area (Å²) >= 11 is 0. The van der Waals surface area contributed by atoms with Gasteiger partial charge < -0.3 is 19.7 Å².